The Balaban J connectivity index is 1.24. The smallest absolute Gasteiger partial charge is 0.341 e. The van der Waals surface area contributed by atoms with Crippen molar-refractivity contribution in [2.24, 2.45) is 5.10 Å². The Morgan fingerprint density at radius 3 is 2.61 bits per heavy atom. The molecular formula is C21H17F3N6O2S. The molecule has 1 atom stereocenters. The van der Waals surface area contributed by atoms with Gasteiger partial charge < -0.3 is 9.64 Å². The maximum atomic E-state index is 14.2. The summed E-state index contributed by atoms with van der Waals surface area (Å²) in [5.74, 6) is -2.11. The van der Waals surface area contributed by atoms with E-state index < -0.39 is 35.6 Å². The summed E-state index contributed by atoms with van der Waals surface area (Å²) in [6.45, 7) is 2.23. The van der Waals surface area contributed by atoms with Crippen LogP contribution >= 0.6 is 11.3 Å². The van der Waals surface area contributed by atoms with Gasteiger partial charge in [-0.3, -0.25) is 0 Å². The molecule has 1 fully saturated rings. The lowest BCUT2D eigenvalue weighted by Crippen LogP contribution is -2.59. The Labute approximate surface area is 190 Å². The average molecular weight is 474 g/mol. The van der Waals surface area contributed by atoms with Crippen LogP contribution in [0.25, 0.3) is 11.5 Å². The molecule has 0 spiro atoms. The summed E-state index contributed by atoms with van der Waals surface area (Å²) >= 11 is 1.43. The minimum atomic E-state index is -0.721. The molecular weight excluding hydrogens is 457 g/mol. The van der Waals surface area contributed by atoms with Gasteiger partial charge in [-0.05, 0) is 24.6 Å². The number of carbonyl (C=O) groups is 1. The lowest BCUT2D eigenvalue weighted by Gasteiger charge is -2.40. The lowest BCUT2D eigenvalue weighted by atomic mass is 10.0. The van der Waals surface area contributed by atoms with Crippen LogP contribution in [0, 0.1) is 24.4 Å². The Kier molecular flexibility index (Phi) is 5.44. The average Bonchev–Trinajstić information content (AvgIpc) is 3.39. The van der Waals surface area contributed by atoms with Gasteiger partial charge in [0, 0.05) is 23.6 Å². The number of nitrogens with zero attached hydrogens (tertiary/aromatic N) is 6. The zero-order valence-corrected chi connectivity index (χ0v) is 18.1. The number of ether oxygens (including phenoxy) is 1. The molecule has 0 saturated carbocycles. The predicted molar refractivity (Wildman–Crippen MR) is 113 cm³/mol. The van der Waals surface area contributed by atoms with E-state index in [0.717, 1.165) is 17.1 Å². The fourth-order valence-corrected chi connectivity index (χ4v) is 4.25. The molecule has 3 aromatic rings. The maximum Gasteiger partial charge on any atom is 0.341 e. The first-order chi connectivity index (χ1) is 15.9. The number of aryl methyl sites for hydroxylation is 1. The summed E-state index contributed by atoms with van der Waals surface area (Å²) in [6.07, 6.45) is 2.42. The molecule has 0 N–H and O–H groups in total. The molecule has 2 aromatic heterocycles. The van der Waals surface area contributed by atoms with Crippen molar-refractivity contribution < 1.29 is 22.7 Å². The Hall–Kier alpha value is -3.54. The number of hydrogen-bond donors (Lipinski definition) is 0. The zero-order chi connectivity index (χ0) is 23.1. The number of thiazole rings is 1. The number of likely N-dealkylation sites (tertiary alicyclic amines) is 1. The van der Waals surface area contributed by atoms with Crippen LogP contribution in [0.2, 0.25) is 0 Å². The van der Waals surface area contributed by atoms with Crippen LogP contribution < -0.4 is 4.74 Å². The van der Waals surface area contributed by atoms with E-state index in [2.05, 4.69) is 20.1 Å². The minimum absolute atomic E-state index is 0.184. The number of halogens is 3. The van der Waals surface area contributed by atoms with Gasteiger partial charge in [0.25, 0.3) is 5.88 Å². The van der Waals surface area contributed by atoms with Crippen LogP contribution in [0.4, 0.5) is 18.0 Å². The van der Waals surface area contributed by atoms with Crippen molar-refractivity contribution in [3.63, 3.8) is 0 Å². The molecule has 12 heteroatoms. The quantitative estimate of drug-likeness (QED) is 0.572. The first-order valence-electron chi connectivity index (χ1n) is 10.1. The third kappa shape index (κ3) is 4.13. The molecule has 1 aromatic carbocycles. The molecule has 0 aliphatic carbocycles. The van der Waals surface area contributed by atoms with Gasteiger partial charge in [0.05, 0.1) is 30.8 Å². The highest BCUT2D eigenvalue weighted by molar-refractivity contribution is 7.10. The Bertz CT molecular complexity index is 1230. The van der Waals surface area contributed by atoms with Crippen LogP contribution in [0.15, 0.2) is 35.0 Å². The fourth-order valence-electron chi connectivity index (χ4n) is 3.68. The van der Waals surface area contributed by atoms with Gasteiger partial charge in [0.15, 0.2) is 5.82 Å². The minimum Gasteiger partial charge on any atom is -0.468 e. The fraction of sp³-hybridized carbons (Fsp3) is 0.286. The van der Waals surface area contributed by atoms with Crippen LogP contribution in [-0.4, -0.2) is 56.3 Å². The highest BCUT2D eigenvalue weighted by atomic mass is 32.1. The second-order valence-corrected chi connectivity index (χ2v) is 8.69. The second kappa shape index (κ2) is 8.43. The highest BCUT2D eigenvalue weighted by Crippen LogP contribution is 2.32. The van der Waals surface area contributed by atoms with Crippen LogP contribution in [0.3, 0.4) is 0 Å². The molecule has 0 bridgehead atoms. The monoisotopic (exact) mass is 474 g/mol. The third-order valence-electron chi connectivity index (χ3n) is 5.36. The summed E-state index contributed by atoms with van der Waals surface area (Å²) in [5.41, 5.74) is 2.53. The van der Waals surface area contributed by atoms with Crippen molar-refractivity contribution in [3.05, 3.63) is 57.8 Å². The molecule has 2 aliphatic rings. The summed E-state index contributed by atoms with van der Waals surface area (Å²) in [6, 6.07) is 2.11. The molecule has 1 saturated heterocycles. The molecule has 2 aliphatic heterocycles. The van der Waals surface area contributed by atoms with Crippen LogP contribution in [-0.2, 0) is 0 Å². The molecule has 33 heavy (non-hydrogen) atoms. The van der Waals surface area contributed by atoms with E-state index in [4.69, 9.17) is 4.74 Å². The molecule has 170 valence electrons. The van der Waals surface area contributed by atoms with Crippen molar-refractivity contribution in [2.75, 3.05) is 13.1 Å². The maximum absolute atomic E-state index is 14.2. The van der Waals surface area contributed by atoms with Gasteiger partial charge >= 0.3 is 6.03 Å². The SMILES string of the molecule is Cc1scnc1-c1ncc(F)c(OC2CN(C(=O)N3N=CCC3c3cc(F)cc(F)c3)C2)n1. The number of hydrazone groups is 1. The van der Waals surface area contributed by atoms with Crippen molar-refractivity contribution in [1.29, 1.82) is 0 Å². The predicted octanol–water partition coefficient (Wildman–Crippen LogP) is 3.94. The number of rotatable bonds is 4. The van der Waals surface area contributed by atoms with Gasteiger partial charge in [0.1, 0.15) is 23.4 Å². The van der Waals surface area contributed by atoms with Gasteiger partial charge in [-0.1, -0.05) is 0 Å². The number of amides is 2. The zero-order valence-electron chi connectivity index (χ0n) is 17.3. The Morgan fingerprint density at radius 1 is 1.15 bits per heavy atom. The molecule has 0 radical (unpaired) electrons. The van der Waals surface area contributed by atoms with E-state index >= 15 is 0 Å². The van der Waals surface area contributed by atoms with E-state index in [0.29, 0.717) is 17.7 Å². The standard InChI is InChI=1S/C21H17F3N6O2S/c1-11-18(26-10-33-11)19-25-7-16(24)20(28-19)32-15-8-29(9-15)21(31)30-17(2-3-27-30)12-4-13(22)6-14(23)5-12/h3-7,10,15,17H,2,8-9H2,1H3. The third-order valence-corrected chi connectivity index (χ3v) is 6.12. The van der Waals surface area contributed by atoms with E-state index in [-0.39, 0.29) is 24.8 Å². The molecule has 8 nitrogen and oxygen atoms in total. The molecule has 2 amide bonds. The summed E-state index contributed by atoms with van der Waals surface area (Å²) < 4.78 is 47.1. The summed E-state index contributed by atoms with van der Waals surface area (Å²) in [4.78, 5) is 27.5. The first kappa shape index (κ1) is 21.3. The second-order valence-electron chi connectivity index (χ2n) is 7.63. The van der Waals surface area contributed by atoms with Crippen molar-refractivity contribution in [3.8, 4) is 17.4 Å². The van der Waals surface area contributed by atoms with Crippen molar-refractivity contribution in [2.45, 2.75) is 25.5 Å². The Morgan fingerprint density at radius 2 is 1.91 bits per heavy atom. The molecule has 1 unspecified atom stereocenters. The van der Waals surface area contributed by atoms with Crippen molar-refractivity contribution in [1.82, 2.24) is 24.9 Å². The van der Waals surface area contributed by atoms with Crippen molar-refractivity contribution >= 4 is 23.6 Å². The number of benzene rings is 1. The van der Waals surface area contributed by atoms with Gasteiger partial charge in [-0.25, -0.2) is 28.6 Å². The van der Waals surface area contributed by atoms with E-state index in [1.165, 1.54) is 39.6 Å². The van der Waals surface area contributed by atoms with E-state index in [1.807, 2.05) is 6.92 Å². The van der Waals surface area contributed by atoms with E-state index in [1.54, 1.807) is 5.51 Å². The van der Waals surface area contributed by atoms with Crippen LogP contribution in [0.1, 0.15) is 22.9 Å². The number of carbonyl (C=O) groups excluding carboxylic acids is 1. The largest absolute Gasteiger partial charge is 0.468 e. The molecule has 5 rings (SSSR count). The molecule has 4 heterocycles. The number of aromatic nitrogens is 3. The number of hydrogen-bond acceptors (Lipinski definition) is 7. The van der Waals surface area contributed by atoms with Gasteiger partial charge in [0.2, 0.25) is 5.82 Å². The van der Waals surface area contributed by atoms with Gasteiger partial charge in [-0.15, -0.1) is 11.3 Å². The topological polar surface area (TPSA) is 83.8 Å². The lowest BCUT2D eigenvalue weighted by molar-refractivity contribution is 0.0230. The normalized spacial score (nSPS) is 18.0. The first-order valence-corrected chi connectivity index (χ1v) is 10.9. The summed E-state index contributed by atoms with van der Waals surface area (Å²) in [5, 5.41) is 5.27. The highest BCUT2D eigenvalue weighted by Gasteiger charge is 2.39. The van der Waals surface area contributed by atoms with Gasteiger partial charge in [-0.2, -0.15) is 14.5 Å². The van der Waals surface area contributed by atoms with Crippen LogP contribution in [0.5, 0.6) is 5.88 Å². The summed E-state index contributed by atoms with van der Waals surface area (Å²) in [7, 11) is 0. The van der Waals surface area contributed by atoms with E-state index in [9.17, 15) is 18.0 Å². The number of urea groups is 1.